The molecular formula is C27H34O6. The largest absolute Gasteiger partial charge is 0.489 e. The topological polar surface area (TPSA) is 75.0 Å². The zero-order valence-corrected chi connectivity index (χ0v) is 20.2. The predicted molar refractivity (Wildman–Crippen MR) is 131 cm³/mol. The van der Waals surface area contributed by atoms with E-state index in [4.69, 9.17) is 18.6 Å². The van der Waals surface area contributed by atoms with Gasteiger partial charge in [0.05, 0.1) is 12.0 Å². The maximum Gasteiger partial charge on any atom is 0.383 e. The van der Waals surface area contributed by atoms with Crippen molar-refractivity contribution in [2.24, 2.45) is 0 Å². The van der Waals surface area contributed by atoms with E-state index in [0.717, 1.165) is 31.3 Å². The molecule has 0 aliphatic rings. The fourth-order valence-corrected chi connectivity index (χ4v) is 3.12. The van der Waals surface area contributed by atoms with E-state index in [1.54, 1.807) is 18.2 Å². The van der Waals surface area contributed by atoms with Crippen LogP contribution in [0.2, 0.25) is 0 Å². The Labute approximate surface area is 195 Å². The molecule has 2 rings (SSSR count). The zero-order valence-electron chi connectivity index (χ0n) is 20.2. The number of benzene rings is 1. The zero-order chi connectivity index (χ0) is 24.2. The maximum atomic E-state index is 12.6. The molecule has 0 amide bonds. The molecule has 0 aliphatic heterocycles. The van der Waals surface area contributed by atoms with Crippen molar-refractivity contribution in [3.63, 3.8) is 0 Å². The standard InChI is InChI=1S/C27H34O6/c1-6-7-8-9-17-30-23-15-11-14-22-24(23)33-27(29)26(32-21(5)28)25(22)31-18-16-20(4)13-10-12-19(2)3/h7-8,11-12,14-16H,6,9-10,13,17-18H2,1-5H3/b8-7?,20-16+. The molecule has 0 unspecified atom stereocenters. The van der Waals surface area contributed by atoms with Crippen molar-refractivity contribution in [2.75, 3.05) is 13.2 Å². The minimum atomic E-state index is -0.793. The van der Waals surface area contributed by atoms with E-state index in [2.05, 4.69) is 32.9 Å². The Balaban J connectivity index is 2.33. The lowest BCUT2D eigenvalue weighted by Gasteiger charge is -2.13. The van der Waals surface area contributed by atoms with Crippen LogP contribution in [0.5, 0.6) is 17.2 Å². The van der Waals surface area contributed by atoms with Crippen molar-refractivity contribution < 1.29 is 23.4 Å². The van der Waals surface area contributed by atoms with Gasteiger partial charge in [0.25, 0.3) is 5.75 Å². The van der Waals surface area contributed by atoms with Crippen molar-refractivity contribution in [1.82, 2.24) is 0 Å². The number of rotatable bonds is 12. The first-order valence-corrected chi connectivity index (χ1v) is 11.3. The molecule has 0 N–H and O–H groups in total. The molecule has 1 aromatic carbocycles. The number of fused-ring (bicyclic) bond motifs is 1. The number of carbonyl (C=O) groups excluding carboxylic acids is 1. The summed E-state index contributed by atoms with van der Waals surface area (Å²) in [6.45, 7) is 10.1. The molecule has 178 valence electrons. The Morgan fingerprint density at radius 1 is 1.00 bits per heavy atom. The lowest BCUT2D eigenvalue weighted by atomic mass is 10.1. The Morgan fingerprint density at radius 3 is 2.48 bits per heavy atom. The average molecular weight is 455 g/mol. The van der Waals surface area contributed by atoms with Crippen LogP contribution in [-0.2, 0) is 4.79 Å². The summed E-state index contributed by atoms with van der Waals surface area (Å²) in [4.78, 5) is 24.2. The third kappa shape index (κ3) is 8.29. The number of esters is 1. The molecular weight excluding hydrogens is 420 g/mol. The van der Waals surface area contributed by atoms with E-state index in [1.165, 1.54) is 12.5 Å². The molecule has 6 nitrogen and oxygen atoms in total. The average Bonchev–Trinajstić information content (AvgIpc) is 2.75. The molecule has 1 heterocycles. The van der Waals surface area contributed by atoms with Crippen molar-refractivity contribution in [2.45, 2.75) is 60.3 Å². The number of hydrogen-bond donors (Lipinski definition) is 0. The first-order valence-electron chi connectivity index (χ1n) is 11.3. The molecule has 2 aromatic rings. The molecule has 0 aliphatic carbocycles. The molecule has 1 aromatic heterocycles. The summed E-state index contributed by atoms with van der Waals surface area (Å²) in [5.41, 5.74) is 1.92. The summed E-state index contributed by atoms with van der Waals surface area (Å²) in [5.74, 6) is -0.285. The van der Waals surface area contributed by atoms with Crippen LogP contribution in [0.4, 0.5) is 0 Å². The van der Waals surface area contributed by atoms with Gasteiger partial charge in [-0.15, -0.1) is 0 Å². The molecule has 0 spiro atoms. The van der Waals surface area contributed by atoms with Crippen LogP contribution < -0.4 is 19.8 Å². The lowest BCUT2D eigenvalue weighted by molar-refractivity contribution is -0.132. The number of hydrogen-bond acceptors (Lipinski definition) is 6. The molecule has 0 bridgehead atoms. The summed E-state index contributed by atoms with van der Waals surface area (Å²) in [5, 5.41) is 0.503. The van der Waals surface area contributed by atoms with Crippen molar-refractivity contribution in [3.8, 4) is 17.2 Å². The minimum Gasteiger partial charge on any atom is -0.489 e. The number of carbonyl (C=O) groups is 1. The normalized spacial score (nSPS) is 11.6. The van der Waals surface area contributed by atoms with Crippen LogP contribution >= 0.6 is 0 Å². The Kier molecular flexibility index (Phi) is 10.5. The third-order valence-electron chi connectivity index (χ3n) is 4.75. The van der Waals surface area contributed by atoms with Crippen molar-refractivity contribution in [3.05, 3.63) is 64.1 Å². The van der Waals surface area contributed by atoms with Crippen LogP contribution in [0, 0.1) is 0 Å². The van der Waals surface area contributed by atoms with E-state index >= 15 is 0 Å². The quantitative estimate of drug-likeness (QED) is 0.157. The lowest BCUT2D eigenvalue weighted by Crippen LogP contribution is -2.14. The van der Waals surface area contributed by atoms with E-state index in [0.29, 0.717) is 17.7 Å². The molecule has 0 fully saturated rings. The van der Waals surface area contributed by atoms with Gasteiger partial charge in [-0.3, -0.25) is 4.79 Å². The van der Waals surface area contributed by atoms with Crippen LogP contribution in [0.1, 0.15) is 60.3 Å². The third-order valence-corrected chi connectivity index (χ3v) is 4.75. The number of ether oxygens (including phenoxy) is 3. The van der Waals surface area contributed by atoms with E-state index in [-0.39, 0.29) is 23.7 Å². The summed E-state index contributed by atoms with van der Waals surface area (Å²) < 4.78 is 22.4. The van der Waals surface area contributed by atoms with Gasteiger partial charge in [0, 0.05) is 6.92 Å². The molecule has 0 radical (unpaired) electrons. The second-order valence-electron chi connectivity index (χ2n) is 7.97. The van der Waals surface area contributed by atoms with Gasteiger partial charge in [0.1, 0.15) is 6.61 Å². The van der Waals surface area contributed by atoms with Crippen LogP contribution in [0.15, 0.2) is 62.9 Å². The Bertz CT molecular complexity index is 1080. The van der Waals surface area contributed by atoms with E-state index in [1.807, 2.05) is 19.1 Å². The second-order valence-corrected chi connectivity index (χ2v) is 7.97. The highest BCUT2D eigenvalue weighted by Crippen LogP contribution is 2.37. The fourth-order valence-electron chi connectivity index (χ4n) is 3.12. The number of para-hydroxylation sites is 1. The predicted octanol–water partition coefficient (Wildman–Crippen LogP) is 6.52. The van der Waals surface area contributed by atoms with Crippen LogP contribution in [0.25, 0.3) is 11.0 Å². The van der Waals surface area contributed by atoms with Crippen molar-refractivity contribution in [1.29, 1.82) is 0 Å². The van der Waals surface area contributed by atoms with Gasteiger partial charge in [0.15, 0.2) is 17.1 Å². The van der Waals surface area contributed by atoms with Crippen LogP contribution in [0.3, 0.4) is 0 Å². The second kappa shape index (κ2) is 13.3. The molecule has 0 saturated carbocycles. The fraction of sp³-hybridized carbons (Fsp3) is 0.407. The molecule has 0 saturated heterocycles. The van der Waals surface area contributed by atoms with Crippen LogP contribution in [-0.4, -0.2) is 19.2 Å². The summed E-state index contributed by atoms with van der Waals surface area (Å²) in [6, 6.07) is 5.26. The minimum absolute atomic E-state index is 0.168. The highest BCUT2D eigenvalue weighted by molar-refractivity contribution is 5.90. The molecule has 33 heavy (non-hydrogen) atoms. The summed E-state index contributed by atoms with van der Waals surface area (Å²) in [6.07, 6.45) is 11.8. The van der Waals surface area contributed by atoms with Gasteiger partial charge >= 0.3 is 11.6 Å². The van der Waals surface area contributed by atoms with Gasteiger partial charge in [0.2, 0.25) is 0 Å². The first-order chi connectivity index (χ1) is 15.8. The Hall–Kier alpha value is -3.28. The van der Waals surface area contributed by atoms with Gasteiger partial charge < -0.3 is 18.6 Å². The first kappa shape index (κ1) is 26.0. The molecule has 0 atom stereocenters. The molecule has 6 heteroatoms. The van der Waals surface area contributed by atoms with Gasteiger partial charge in [-0.2, -0.15) is 0 Å². The smallest absolute Gasteiger partial charge is 0.383 e. The highest BCUT2D eigenvalue weighted by atomic mass is 16.6. The van der Waals surface area contributed by atoms with E-state index < -0.39 is 11.6 Å². The van der Waals surface area contributed by atoms with E-state index in [9.17, 15) is 9.59 Å². The number of allylic oxidation sites excluding steroid dienone is 4. The van der Waals surface area contributed by atoms with Crippen molar-refractivity contribution >= 4 is 16.9 Å². The maximum absolute atomic E-state index is 12.6. The summed E-state index contributed by atoms with van der Waals surface area (Å²) in [7, 11) is 0. The summed E-state index contributed by atoms with van der Waals surface area (Å²) >= 11 is 0. The highest BCUT2D eigenvalue weighted by Gasteiger charge is 2.21. The Morgan fingerprint density at radius 2 is 1.79 bits per heavy atom. The van der Waals surface area contributed by atoms with Gasteiger partial charge in [-0.1, -0.05) is 42.4 Å². The van der Waals surface area contributed by atoms with Gasteiger partial charge in [-0.05, 0) is 64.7 Å². The SMILES string of the molecule is CCC=CCCOc1cccc2c(OC/C=C(\C)CCC=C(C)C)c(OC(C)=O)c(=O)oc12. The van der Waals surface area contributed by atoms with Gasteiger partial charge in [-0.25, -0.2) is 4.79 Å². The monoisotopic (exact) mass is 454 g/mol.